The molecule has 0 fully saturated rings. The highest BCUT2D eigenvalue weighted by Gasteiger charge is 2.02. The van der Waals surface area contributed by atoms with Gasteiger partial charge in [-0.05, 0) is 25.2 Å². The lowest BCUT2D eigenvalue weighted by Gasteiger charge is -2.18. The average molecular weight is 221 g/mol. The Labute approximate surface area is 97.0 Å². The van der Waals surface area contributed by atoms with Crippen molar-refractivity contribution in [1.82, 2.24) is 4.90 Å². The summed E-state index contributed by atoms with van der Waals surface area (Å²) in [7, 11) is 0. The minimum atomic E-state index is 0.613. The second kappa shape index (κ2) is 7.01. The van der Waals surface area contributed by atoms with E-state index in [9.17, 15) is 4.79 Å². The quantitative estimate of drug-likeness (QED) is 0.661. The standard InChI is InChI=1S/C13H19NO2/c1-3-14(4-2)9-10-16-13-8-6-5-7-12(13)11-15/h5-8,11H,3-4,9-10H2,1-2H3. The highest BCUT2D eigenvalue weighted by atomic mass is 16.5. The van der Waals surface area contributed by atoms with E-state index in [0.717, 1.165) is 25.9 Å². The molecular formula is C13H19NO2. The summed E-state index contributed by atoms with van der Waals surface area (Å²) in [5, 5.41) is 0. The Hall–Kier alpha value is -1.35. The minimum Gasteiger partial charge on any atom is -0.492 e. The molecule has 0 atom stereocenters. The number of hydrogen-bond acceptors (Lipinski definition) is 3. The number of hydrogen-bond donors (Lipinski definition) is 0. The molecule has 3 heteroatoms. The summed E-state index contributed by atoms with van der Waals surface area (Å²) in [6, 6.07) is 7.30. The molecule has 0 saturated heterocycles. The first kappa shape index (κ1) is 12.7. The Bertz CT molecular complexity index is 321. The van der Waals surface area contributed by atoms with E-state index in [-0.39, 0.29) is 0 Å². The second-order valence-electron chi connectivity index (χ2n) is 3.53. The normalized spacial score (nSPS) is 10.4. The van der Waals surface area contributed by atoms with E-state index in [1.807, 2.05) is 18.2 Å². The predicted octanol–water partition coefficient (Wildman–Crippen LogP) is 2.22. The average Bonchev–Trinajstić information content (AvgIpc) is 2.35. The third-order valence-electron chi connectivity index (χ3n) is 2.61. The minimum absolute atomic E-state index is 0.613. The van der Waals surface area contributed by atoms with Crippen molar-refractivity contribution in [2.45, 2.75) is 13.8 Å². The number of benzene rings is 1. The van der Waals surface area contributed by atoms with E-state index >= 15 is 0 Å². The SMILES string of the molecule is CCN(CC)CCOc1ccccc1C=O. The molecule has 1 aromatic carbocycles. The maximum Gasteiger partial charge on any atom is 0.153 e. The Morgan fingerprint density at radius 1 is 1.25 bits per heavy atom. The summed E-state index contributed by atoms with van der Waals surface area (Å²) in [5.74, 6) is 0.671. The molecule has 88 valence electrons. The van der Waals surface area contributed by atoms with Crippen LogP contribution in [0.15, 0.2) is 24.3 Å². The van der Waals surface area contributed by atoms with Crippen LogP contribution in [0, 0.1) is 0 Å². The Kier molecular flexibility index (Phi) is 5.57. The fourth-order valence-corrected chi connectivity index (χ4v) is 1.53. The molecule has 0 saturated carbocycles. The number of likely N-dealkylation sites (N-methyl/N-ethyl adjacent to an activating group) is 1. The zero-order valence-electron chi connectivity index (χ0n) is 9.98. The largest absolute Gasteiger partial charge is 0.492 e. The molecule has 0 aliphatic heterocycles. The number of aldehydes is 1. The summed E-state index contributed by atoms with van der Waals surface area (Å²) in [4.78, 5) is 13.0. The van der Waals surface area contributed by atoms with Crippen molar-refractivity contribution in [2.75, 3.05) is 26.2 Å². The van der Waals surface area contributed by atoms with Gasteiger partial charge in [0.15, 0.2) is 6.29 Å². The number of rotatable bonds is 7. The van der Waals surface area contributed by atoms with Gasteiger partial charge in [0.2, 0.25) is 0 Å². The van der Waals surface area contributed by atoms with Crippen LogP contribution < -0.4 is 4.74 Å². The van der Waals surface area contributed by atoms with E-state index in [0.29, 0.717) is 17.9 Å². The van der Waals surface area contributed by atoms with Gasteiger partial charge in [-0.25, -0.2) is 0 Å². The van der Waals surface area contributed by atoms with Crippen molar-refractivity contribution in [3.63, 3.8) is 0 Å². The lowest BCUT2D eigenvalue weighted by Crippen LogP contribution is -2.28. The summed E-state index contributed by atoms with van der Waals surface area (Å²) < 4.78 is 5.59. The lowest BCUT2D eigenvalue weighted by molar-refractivity contribution is 0.111. The molecule has 0 amide bonds. The van der Waals surface area contributed by atoms with Gasteiger partial charge in [-0.1, -0.05) is 26.0 Å². The summed E-state index contributed by atoms with van der Waals surface area (Å²) in [6.07, 6.45) is 0.826. The molecule has 3 nitrogen and oxygen atoms in total. The summed E-state index contributed by atoms with van der Waals surface area (Å²) in [5.41, 5.74) is 0.613. The van der Waals surface area contributed by atoms with Crippen LogP contribution in [0.3, 0.4) is 0 Å². The zero-order valence-corrected chi connectivity index (χ0v) is 9.98. The molecule has 0 heterocycles. The summed E-state index contributed by atoms with van der Waals surface area (Å²) >= 11 is 0. The van der Waals surface area contributed by atoms with Crippen molar-refractivity contribution < 1.29 is 9.53 Å². The molecule has 16 heavy (non-hydrogen) atoms. The topological polar surface area (TPSA) is 29.5 Å². The van der Waals surface area contributed by atoms with Gasteiger partial charge in [-0.3, -0.25) is 4.79 Å². The van der Waals surface area contributed by atoms with E-state index < -0.39 is 0 Å². The van der Waals surface area contributed by atoms with Crippen LogP contribution in [-0.4, -0.2) is 37.4 Å². The maximum absolute atomic E-state index is 10.7. The number of nitrogens with zero attached hydrogens (tertiary/aromatic N) is 1. The van der Waals surface area contributed by atoms with E-state index in [1.165, 1.54) is 0 Å². The Morgan fingerprint density at radius 2 is 1.94 bits per heavy atom. The third-order valence-corrected chi connectivity index (χ3v) is 2.61. The number of ether oxygens (including phenoxy) is 1. The predicted molar refractivity (Wildman–Crippen MR) is 65.1 cm³/mol. The number of para-hydroxylation sites is 1. The fraction of sp³-hybridized carbons (Fsp3) is 0.462. The van der Waals surface area contributed by atoms with E-state index in [1.54, 1.807) is 6.07 Å². The van der Waals surface area contributed by atoms with Crippen molar-refractivity contribution in [3.05, 3.63) is 29.8 Å². The van der Waals surface area contributed by atoms with Crippen LogP contribution in [0.4, 0.5) is 0 Å². The molecule has 0 unspecified atom stereocenters. The van der Waals surface area contributed by atoms with Crippen molar-refractivity contribution >= 4 is 6.29 Å². The molecule has 0 spiro atoms. The third kappa shape index (κ3) is 3.66. The van der Waals surface area contributed by atoms with Crippen LogP contribution >= 0.6 is 0 Å². The van der Waals surface area contributed by atoms with Gasteiger partial charge in [-0.2, -0.15) is 0 Å². The molecule has 0 aliphatic rings. The number of carbonyl (C=O) groups is 1. The van der Waals surface area contributed by atoms with E-state index in [2.05, 4.69) is 18.7 Å². The molecule has 0 aliphatic carbocycles. The fourth-order valence-electron chi connectivity index (χ4n) is 1.53. The van der Waals surface area contributed by atoms with Gasteiger partial charge in [0.1, 0.15) is 12.4 Å². The van der Waals surface area contributed by atoms with E-state index in [4.69, 9.17) is 4.74 Å². The van der Waals surface area contributed by atoms with Crippen LogP contribution in [0.25, 0.3) is 0 Å². The molecule has 1 aromatic rings. The molecule has 0 bridgehead atoms. The van der Waals surface area contributed by atoms with Gasteiger partial charge >= 0.3 is 0 Å². The molecular weight excluding hydrogens is 202 g/mol. The monoisotopic (exact) mass is 221 g/mol. The molecule has 0 aromatic heterocycles. The van der Waals surface area contributed by atoms with Gasteiger partial charge < -0.3 is 9.64 Å². The molecule has 0 N–H and O–H groups in total. The summed E-state index contributed by atoms with van der Waals surface area (Å²) in [6.45, 7) is 7.81. The van der Waals surface area contributed by atoms with Crippen LogP contribution in [0.2, 0.25) is 0 Å². The van der Waals surface area contributed by atoms with Crippen LogP contribution in [0.5, 0.6) is 5.75 Å². The second-order valence-corrected chi connectivity index (χ2v) is 3.53. The van der Waals surface area contributed by atoms with Crippen molar-refractivity contribution in [3.8, 4) is 5.75 Å². The zero-order chi connectivity index (χ0) is 11.8. The first-order valence-corrected chi connectivity index (χ1v) is 5.71. The van der Waals surface area contributed by atoms with Crippen molar-refractivity contribution in [1.29, 1.82) is 0 Å². The highest BCUT2D eigenvalue weighted by Crippen LogP contribution is 2.15. The smallest absolute Gasteiger partial charge is 0.153 e. The van der Waals surface area contributed by atoms with Gasteiger partial charge in [0, 0.05) is 6.54 Å². The van der Waals surface area contributed by atoms with Gasteiger partial charge in [0.25, 0.3) is 0 Å². The lowest BCUT2D eigenvalue weighted by atomic mass is 10.2. The van der Waals surface area contributed by atoms with Gasteiger partial charge in [0.05, 0.1) is 5.56 Å². The van der Waals surface area contributed by atoms with Crippen LogP contribution in [-0.2, 0) is 0 Å². The Morgan fingerprint density at radius 3 is 2.56 bits per heavy atom. The number of carbonyl (C=O) groups excluding carboxylic acids is 1. The Balaban J connectivity index is 2.45. The first-order valence-electron chi connectivity index (χ1n) is 5.71. The first-order chi connectivity index (χ1) is 7.81. The maximum atomic E-state index is 10.7. The van der Waals surface area contributed by atoms with Crippen LogP contribution in [0.1, 0.15) is 24.2 Å². The highest BCUT2D eigenvalue weighted by molar-refractivity contribution is 5.79. The molecule has 1 rings (SSSR count). The molecule has 0 radical (unpaired) electrons. The van der Waals surface area contributed by atoms with Crippen molar-refractivity contribution in [2.24, 2.45) is 0 Å². The van der Waals surface area contributed by atoms with Gasteiger partial charge in [-0.15, -0.1) is 0 Å².